The molecule has 4 N–H and O–H groups in total. The summed E-state index contributed by atoms with van der Waals surface area (Å²) in [6.07, 6.45) is -3.48. The van der Waals surface area contributed by atoms with Gasteiger partial charge in [0, 0.05) is 11.8 Å². The molecule has 0 unspecified atom stereocenters. The molecule has 1 aliphatic heterocycles. The molecule has 0 aliphatic carbocycles. The number of nitrogens with zero attached hydrogens (tertiary/aromatic N) is 1. The van der Waals surface area contributed by atoms with E-state index in [9.17, 15) is 19.8 Å². The van der Waals surface area contributed by atoms with Gasteiger partial charge in [-0.15, -0.1) is 0 Å². The van der Waals surface area contributed by atoms with E-state index >= 15 is 0 Å². The van der Waals surface area contributed by atoms with Gasteiger partial charge in [-0.2, -0.15) is 0 Å². The Balaban J connectivity index is 2.46. The molecule has 2 heterocycles. The highest BCUT2D eigenvalue weighted by atomic mass is 16.6. The first-order valence-electron chi connectivity index (χ1n) is 6.34. The van der Waals surface area contributed by atoms with E-state index in [0.717, 1.165) is 4.57 Å². The number of hydrogen-bond acceptors (Lipinski definition) is 6. The van der Waals surface area contributed by atoms with Crippen molar-refractivity contribution in [3.8, 4) is 0 Å². The fourth-order valence-corrected chi connectivity index (χ4v) is 2.21. The molecule has 20 heavy (non-hydrogen) atoms. The summed E-state index contributed by atoms with van der Waals surface area (Å²) in [5.74, 6) is -0.122. The molecular weight excluding hydrogens is 268 g/mol. The molecule has 2 rings (SSSR count). The molecule has 1 aromatic rings. The van der Waals surface area contributed by atoms with Crippen LogP contribution in [0.4, 0.5) is 0 Å². The highest BCUT2D eigenvalue weighted by molar-refractivity contribution is 5.10. The molecule has 112 valence electrons. The molecule has 1 aliphatic rings. The van der Waals surface area contributed by atoms with Gasteiger partial charge in [0.05, 0.1) is 6.61 Å². The number of hydrogen-bond donors (Lipinski definition) is 4. The highest BCUT2D eigenvalue weighted by Gasteiger charge is 2.43. The van der Waals surface area contributed by atoms with Crippen LogP contribution < -0.4 is 11.2 Å². The predicted octanol–water partition coefficient (Wildman–Crippen LogP) is -1.73. The SMILES string of the molecule is CC(C)c1cn([C@@H]2O[C@H](CO)[C@H](O)[C@H]2O)c(=O)[nH]c1=O. The number of aromatic nitrogens is 2. The standard InChI is InChI=1S/C12H18N2O6/c1-5(2)6-3-14(12(19)13-10(6)18)11-9(17)8(16)7(4-15)20-11/h3,5,7-9,11,15-17H,4H2,1-2H3,(H,13,18,19)/t7-,8+,9-,11-/m1/s1. The Morgan fingerprint density at radius 3 is 2.50 bits per heavy atom. The Bertz CT molecular complexity index is 592. The number of aliphatic hydroxyl groups is 3. The molecule has 1 fully saturated rings. The second-order valence-corrected chi connectivity index (χ2v) is 5.13. The summed E-state index contributed by atoms with van der Waals surface area (Å²) in [4.78, 5) is 25.6. The molecule has 0 amide bonds. The molecule has 0 radical (unpaired) electrons. The van der Waals surface area contributed by atoms with E-state index in [0.29, 0.717) is 5.56 Å². The summed E-state index contributed by atoms with van der Waals surface area (Å²) < 4.78 is 6.30. The summed E-state index contributed by atoms with van der Waals surface area (Å²) in [5, 5.41) is 28.6. The summed E-state index contributed by atoms with van der Waals surface area (Å²) in [5.41, 5.74) is -0.871. The van der Waals surface area contributed by atoms with Gasteiger partial charge in [0.15, 0.2) is 6.23 Å². The maximum atomic E-state index is 11.8. The molecule has 0 aromatic carbocycles. The van der Waals surface area contributed by atoms with Crippen molar-refractivity contribution in [2.45, 2.75) is 44.3 Å². The molecule has 4 atom stereocenters. The van der Waals surface area contributed by atoms with Gasteiger partial charge in [-0.3, -0.25) is 14.3 Å². The van der Waals surface area contributed by atoms with Gasteiger partial charge in [0.2, 0.25) is 0 Å². The van der Waals surface area contributed by atoms with Crippen LogP contribution in [0.1, 0.15) is 31.6 Å². The van der Waals surface area contributed by atoms with Crippen molar-refractivity contribution in [2.24, 2.45) is 0 Å². The molecular formula is C12H18N2O6. The molecule has 0 saturated carbocycles. The van der Waals surface area contributed by atoms with Crippen LogP contribution in [0.5, 0.6) is 0 Å². The van der Waals surface area contributed by atoms with E-state index in [-0.39, 0.29) is 5.92 Å². The van der Waals surface area contributed by atoms with Crippen molar-refractivity contribution in [1.29, 1.82) is 0 Å². The van der Waals surface area contributed by atoms with Crippen LogP contribution in [0, 0.1) is 0 Å². The number of nitrogens with one attached hydrogen (secondary N) is 1. The van der Waals surface area contributed by atoms with Gasteiger partial charge in [0.25, 0.3) is 5.56 Å². The smallest absolute Gasteiger partial charge is 0.330 e. The topological polar surface area (TPSA) is 125 Å². The van der Waals surface area contributed by atoms with Crippen LogP contribution in [-0.4, -0.2) is 49.8 Å². The van der Waals surface area contributed by atoms with Crippen LogP contribution in [-0.2, 0) is 4.74 Å². The average molecular weight is 286 g/mol. The molecule has 8 heteroatoms. The lowest BCUT2D eigenvalue weighted by molar-refractivity contribution is -0.0551. The first kappa shape index (κ1) is 14.9. The third-order valence-corrected chi connectivity index (χ3v) is 3.41. The maximum absolute atomic E-state index is 11.8. The van der Waals surface area contributed by atoms with E-state index in [1.165, 1.54) is 6.20 Å². The zero-order chi connectivity index (χ0) is 15.0. The Hall–Kier alpha value is -1.48. The largest absolute Gasteiger partial charge is 0.394 e. The summed E-state index contributed by atoms with van der Waals surface area (Å²) in [7, 11) is 0. The quantitative estimate of drug-likeness (QED) is 0.523. The monoisotopic (exact) mass is 286 g/mol. The third-order valence-electron chi connectivity index (χ3n) is 3.41. The van der Waals surface area contributed by atoms with E-state index in [4.69, 9.17) is 9.84 Å². The van der Waals surface area contributed by atoms with Gasteiger partial charge in [-0.25, -0.2) is 4.79 Å². The van der Waals surface area contributed by atoms with Crippen LogP contribution in [0.2, 0.25) is 0 Å². The van der Waals surface area contributed by atoms with Gasteiger partial charge >= 0.3 is 5.69 Å². The lowest BCUT2D eigenvalue weighted by Crippen LogP contribution is -2.39. The van der Waals surface area contributed by atoms with E-state index in [2.05, 4.69) is 4.98 Å². The van der Waals surface area contributed by atoms with Crippen LogP contribution in [0.3, 0.4) is 0 Å². The second-order valence-electron chi connectivity index (χ2n) is 5.13. The predicted molar refractivity (Wildman–Crippen MR) is 68.4 cm³/mol. The fourth-order valence-electron chi connectivity index (χ4n) is 2.21. The van der Waals surface area contributed by atoms with Crippen LogP contribution in [0.15, 0.2) is 15.8 Å². The van der Waals surface area contributed by atoms with Crippen LogP contribution >= 0.6 is 0 Å². The van der Waals surface area contributed by atoms with Crippen molar-refractivity contribution in [3.05, 3.63) is 32.6 Å². The molecule has 1 aromatic heterocycles. The van der Waals surface area contributed by atoms with Crippen LogP contribution in [0.25, 0.3) is 0 Å². The van der Waals surface area contributed by atoms with Crippen molar-refractivity contribution >= 4 is 0 Å². The number of H-pyrrole nitrogens is 1. The average Bonchev–Trinajstić information content (AvgIpc) is 2.66. The lowest BCUT2D eigenvalue weighted by atomic mass is 10.1. The summed E-state index contributed by atoms with van der Waals surface area (Å²) in [6, 6.07) is 0. The first-order valence-corrected chi connectivity index (χ1v) is 6.34. The Kier molecular flexibility index (Phi) is 4.09. The van der Waals surface area contributed by atoms with Crippen molar-refractivity contribution in [1.82, 2.24) is 9.55 Å². The van der Waals surface area contributed by atoms with Gasteiger partial charge < -0.3 is 20.1 Å². The zero-order valence-corrected chi connectivity index (χ0v) is 11.2. The molecule has 0 bridgehead atoms. The van der Waals surface area contributed by atoms with Crippen molar-refractivity contribution < 1.29 is 20.1 Å². The second kappa shape index (κ2) is 5.49. The summed E-state index contributed by atoms with van der Waals surface area (Å²) >= 11 is 0. The van der Waals surface area contributed by atoms with E-state index in [1.54, 1.807) is 13.8 Å². The minimum absolute atomic E-state index is 0.122. The minimum Gasteiger partial charge on any atom is -0.394 e. The lowest BCUT2D eigenvalue weighted by Gasteiger charge is -2.18. The Morgan fingerprint density at radius 1 is 1.35 bits per heavy atom. The van der Waals surface area contributed by atoms with Crippen molar-refractivity contribution in [2.75, 3.05) is 6.61 Å². The Labute approximate surface area is 114 Å². The number of rotatable bonds is 3. The minimum atomic E-state index is -1.37. The first-order chi connectivity index (χ1) is 9.36. The molecule has 8 nitrogen and oxygen atoms in total. The third kappa shape index (κ3) is 2.42. The number of ether oxygens (including phenoxy) is 1. The summed E-state index contributed by atoms with van der Waals surface area (Å²) in [6.45, 7) is 3.09. The molecule has 1 saturated heterocycles. The normalized spacial score (nSPS) is 30.1. The van der Waals surface area contributed by atoms with Gasteiger partial charge in [-0.1, -0.05) is 13.8 Å². The number of aliphatic hydroxyl groups excluding tert-OH is 3. The highest BCUT2D eigenvalue weighted by Crippen LogP contribution is 2.28. The zero-order valence-electron chi connectivity index (χ0n) is 11.2. The van der Waals surface area contributed by atoms with Gasteiger partial charge in [-0.05, 0) is 5.92 Å². The van der Waals surface area contributed by atoms with E-state index in [1.807, 2.05) is 0 Å². The van der Waals surface area contributed by atoms with E-state index < -0.39 is 42.4 Å². The fraction of sp³-hybridized carbons (Fsp3) is 0.667. The van der Waals surface area contributed by atoms with Crippen molar-refractivity contribution in [3.63, 3.8) is 0 Å². The molecule has 0 spiro atoms. The Morgan fingerprint density at radius 2 is 2.00 bits per heavy atom. The maximum Gasteiger partial charge on any atom is 0.330 e. The number of aromatic amines is 1. The van der Waals surface area contributed by atoms with Gasteiger partial charge in [0.1, 0.15) is 18.3 Å².